The number of anilines is 1. The highest BCUT2D eigenvalue weighted by Gasteiger charge is 2.29. The van der Waals surface area contributed by atoms with Gasteiger partial charge in [-0.2, -0.15) is 0 Å². The minimum absolute atomic E-state index is 0.122. The maximum absolute atomic E-state index is 12.7. The molecule has 2 aromatic rings. The van der Waals surface area contributed by atoms with Gasteiger partial charge in [0.1, 0.15) is 24.0 Å². The average Bonchev–Trinajstić information content (AvgIpc) is 2.89. The van der Waals surface area contributed by atoms with Crippen LogP contribution < -0.4 is 20.7 Å². The van der Waals surface area contributed by atoms with E-state index in [0.29, 0.717) is 36.4 Å². The first-order chi connectivity index (χ1) is 19.0. The van der Waals surface area contributed by atoms with E-state index < -0.39 is 35.9 Å². The topological polar surface area (TPSA) is 141 Å². The van der Waals surface area contributed by atoms with Crippen LogP contribution in [0.2, 0.25) is 0 Å². The zero-order valence-corrected chi connectivity index (χ0v) is 23.3. The lowest BCUT2D eigenvalue weighted by atomic mass is 10.0. The summed E-state index contributed by atoms with van der Waals surface area (Å²) in [5, 5.41) is 8.07. The summed E-state index contributed by atoms with van der Waals surface area (Å²) in [6, 6.07) is 13.5. The zero-order chi connectivity index (χ0) is 29.1. The van der Waals surface area contributed by atoms with Gasteiger partial charge in [0.15, 0.2) is 6.10 Å². The van der Waals surface area contributed by atoms with Crippen LogP contribution in [0.1, 0.15) is 51.7 Å². The number of fused-ring (bicyclic) bond motifs is 1. The van der Waals surface area contributed by atoms with Crippen LogP contribution in [0.15, 0.2) is 48.5 Å². The van der Waals surface area contributed by atoms with Gasteiger partial charge in [0, 0.05) is 13.0 Å². The first kappa shape index (κ1) is 30.3. The van der Waals surface area contributed by atoms with E-state index >= 15 is 0 Å². The molecule has 0 unspecified atom stereocenters. The standard InChI is InChI=1S/C29H37N3O8/c1-5-37-26(34)22(32-28(36)40-29(2,3)4)17-20-13-14-23-21(16-20)31-25(33)24(39-23)12-9-15-30-27(35)38-18-19-10-7-6-8-11-19/h6-8,10-11,13-14,16,22,24H,5,9,12,15,17-18H2,1-4H3,(H,30,35)(H,31,33)(H,32,36)/t22-,24+/m0/s1. The van der Waals surface area contributed by atoms with Crippen LogP contribution in [0, 0.1) is 0 Å². The van der Waals surface area contributed by atoms with Crippen molar-refractivity contribution >= 4 is 29.8 Å². The minimum Gasteiger partial charge on any atom is -0.478 e. The van der Waals surface area contributed by atoms with Gasteiger partial charge in [0.25, 0.3) is 5.91 Å². The Bertz CT molecular complexity index is 1180. The van der Waals surface area contributed by atoms with Crippen molar-refractivity contribution in [2.75, 3.05) is 18.5 Å². The fourth-order valence-corrected chi connectivity index (χ4v) is 3.89. The van der Waals surface area contributed by atoms with Gasteiger partial charge in [-0.15, -0.1) is 0 Å². The van der Waals surface area contributed by atoms with Gasteiger partial charge in [-0.05, 0) is 63.8 Å². The second-order valence-corrected chi connectivity index (χ2v) is 10.2. The number of esters is 1. The van der Waals surface area contributed by atoms with Gasteiger partial charge in [0.05, 0.1) is 12.3 Å². The van der Waals surface area contributed by atoms with Crippen molar-refractivity contribution in [1.29, 1.82) is 0 Å². The van der Waals surface area contributed by atoms with Gasteiger partial charge in [-0.25, -0.2) is 14.4 Å². The Labute approximate surface area is 233 Å². The fourth-order valence-electron chi connectivity index (χ4n) is 3.89. The number of alkyl carbamates (subject to hydrolysis) is 2. The Morgan fingerprint density at radius 2 is 1.77 bits per heavy atom. The Balaban J connectivity index is 1.50. The Morgan fingerprint density at radius 1 is 1.02 bits per heavy atom. The molecule has 0 saturated carbocycles. The molecule has 3 N–H and O–H groups in total. The van der Waals surface area contributed by atoms with Crippen molar-refractivity contribution in [3.05, 3.63) is 59.7 Å². The molecule has 1 aliphatic heterocycles. The number of nitrogens with one attached hydrogen (secondary N) is 3. The van der Waals surface area contributed by atoms with E-state index in [1.54, 1.807) is 45.9 Å². The Morgan fingerprint density at radius 3 is 2.48 bits per heavy atom. The number of carbonyl (C=O) groups excluding carboxylic acids is 4. The van der Waals surface area contributed by atoms with Gasteiger partial charge in [-0.1, -0.05) is 36.4 Å². The molecule has 0 radical (unpaired) electrons. The van der Waals surface area contributed by atoms with Crippen molar-refractivity contribution in [3.8, 4) is 5.75 Å². The molecule has 3 rings (SSSR count). The van der Waals surface area contributed by atoms with Crippen molar-refractivity contribution in [2.24, 2.45) is 0 Å². The third-order valence-electron chi connectivity index (χ3n) is 5.69. The zero-order valence-electron chi connectivity index (χ0n) is 23.3. The molecule has 0 aromatic heterocycles. The number of rotatable bonds is 11. The summed E-state index contributed by atoms with van der Waals surface area (Å²) in [7, 11) is 0. The quantitative estimate of drug-likeness (QED) is 0.214. The first-order valence-electron chi connectivity index (χ1n) is 13.2. The highest BCUT2D eigenvalue weighted by atomic mass is 16.6. The summed E-state index contributed by atoms with van der Waals surface area (Å²) in [6.45, 7) is 7.52. The van der Waals surface area contributed by atoms with Gasteiger partial charge >= 0.3 is 18.2 Å². The summed E-state index contributed by atoms with van der Waals surface area (Å²) in [5.41, 5.74) is 1.30. The van der Waals surface area contributed by atoms with E-state index in [1.807, 2.05) is 30.3 Å². The predicted octanol–water partition coefficient (Wildman–Crippen LogP) is 4.09. The molecule has 0 saturated heterocycles. The van der Waals surface area contributed by atoms with E-state index in [-0.39, 0.29) is 25.5 Å². The lowest BCUT2D eigenvalue weighted by Gasteiger charge is -2.27. The van der Waals surface area contributed by atoms with E-state index in [2.05, 4.69) is 16.0 Å². The number of amides is 3. The number of hydrogen-bond donors (Lipinski definition) is 3. The van der Waals surface area contributed by atoms with Crippen LogP contribution in [0.25, 0.3) is 0 Å². The summed E-state index contributed by atoms with van der Waals surface area (Å²) < 4.78 is 21.4. The maximum atomic E-state index is 12.7. The molecular formula is C29H37N3O8. The van der Waals surface area contributed by atoms with Crippen LogP contribution in [-0.2, 0) is 36.8 Å². The van der Waals surface area contributed by atoms with Crippen LogP contribution in [0.3, 0.4) is 0 Å². The molecule has 0 spiro atoms. The highest BCUT2D eigenvalue weighted by Crippen LogP contribution is 2.32. The minimum atomic E-state index is -0.979. The fraction of sp³-hybridized carbons (Fsp3) is 0.448. The average molecular weight is 556 g/mol. The smallest absolute Gasteiger partial charge is 0.408 e. The number of benzene rings is 2. The molecule has 0 aliphatic carbocycles. The van der Waals surface area contributed by atoms with E-state index in [9.17, 15) is 19.2 Å². The SMILES string of the molecule is CCOC(=O)[C@H](Cc1ccc2c(c1)NC(=O)[C@@H](CCCNC(=O)OCc1ccccc1)O2)NC(=O)OC(C)(C)C. The molecule has 11 heteroatoms. The summed E-state index contributed by atoms with van der Waals surface area (Å²) in [6.07, 6.45) is -0.974. The van der Waals surface area contributed by atoms with Gasteiger partial charge in [-0.3, -0.25) is 4.79 Å². The number of hydrogen-bond acceptors (Lipinski definition) is 8. The Kier molecular flexibility index (Phi) is 10.7. The van der Waals surface area contributed by atoms with Gasteiger partial charge < -0.3 is 34.9 Å². The molecule has 11 nitrogen and oxygen atoms in total. The van der Waals surface area contributed by atoms with Crippen molar-refractivity contribution in [3.63, 3.8) is 0 Å². The molecule has 0 bridgehead atoms. The van der Waals surface area contributed by atoms with Crippen LogP contribution in [0.5, 0.6) is 5.75 Å². The van der Waals surface area contributed by atoms with Crippen LogP contribution in [-0.4, -0.2) is 55.0 Å². The molecule has 0 fully saturated rings. The van der Waals surface area contributed by atoms with Crippen molar-refractivity contribution in [2.45, 2.75) is 71.3 Å². The maximum Gasteiger partial charge on any atom is 0.408 e. The van der Waals surface area contributed by atoms with E-state index in [0.717, 1.165) is 5.56 Å². The third-order valence-corrected chi connectivity index (χ3v) is 5.69. The highest BCUT2D eigenvalue weighted by molar-refractivity contribution is 5.97. The van der Waals surface area contributed by atoms with Crippen LogP contribution in [0.4, 0.5) is 15.3 Å². The second kappa shape index (κ2) is 14.2. The monoisotopic (exact) mass is 555 g/mol. The summed E-state index contributed by atoms with van der Waals surface area (Å²) in [4.78, 5) is 49.3. The van der Waals surface area contributed by atoms with E-state index in [4.69, 9.17) is 18.9 Å². The second-order valence-electron chi connectivity index (χ2n) is 10.2. The number of ether oxygens (including phenoxy) is 4. The normalized spacial score (nSPS) is 15.0. The molecule has 3 amide bonds. The summed E-state index contributed by atoms with van der Waals surface area (Å²) >= 11 is 0. The predicted molar refractivity (Wildman–Crippen MR) is 147 cm³/mol. The molecule has 216 valence electrons. The number of carbonyl (C=O) groups is 4. The lowest BCUT2D eigenvalue weighted by molar-refractivity contribution is -0.145. The molecule has 40 heavy (non-hydrogen) atoms. The third kappa shape index (κ3) is 9.79. The molecule has 2 aromatic carbocycles. The molecule has 2 atom stereocenters. The van der Waals surface area contributed by atoms with Crippen molar-refractivity contribution in [1.82, 2.24) is 10.6 Å². The molecule has 1 aliphatic rings. The van der Waals surface area contributed by atoms with Crippen LogP contribution >= 0.6 is 0 Å². The first-order valence-corrected chi connectivity index (χ1v) is 13.2. The largest absolute Gasteiger partial charge is 0.478 e. The van der Waals surface area contributed by atoms with Gasteiger partial charge in [0.2, 0.25) is 0 Å². The Hall–Kier alpha value is -4.28. The molecule has 1 heterocycles. The van der Waals surface area contributed by atoms with E-state index in [1.165, 1.54) is 0 Å². The molecular weight excluding hydrogens is 518 g/mol. The van der Waals surface area contributed by atoms with Crippen molar-refractivity contribution < 1.29 is 38.1 Å². The summed E-state index contributed by atoms with van der Waals surface area (Å²) in [5.74, 6) is -0.425. The lowest BCUT2D eigenvalue weighted by Crippen LogP contribution is -2.45.